The molecule has 1 N–H and O–H groups in total. The number of likely N-dealkylation sites (tertiary alicyclic amines) is 1. The van der Waals surface area contributed by atoms with E-state index >= 15 is 0 Å². The molecule has 0 spiro atoms. The lowest BCUT2D eigenvalue weighted by Crippen LogP contribution is -2.44. The van der Waals surface area contributed by atoms with Gasteiger partial charge in [-0.1, -0.05) is 0 Å². The molecular formula is C9H18N2O2. The molecule has 1 aliphatic rings. The summed E-state index contributed by atoms with van der Waals surface area (Å²) in [5.41, 5.74) is 0. The summed E-state index contributed by atoms with van der Waals surface area (Å²) < 4.78 is 0. The number of carbonyl (C=O) groups is 1. The van der Waals surface area contributed by atoms with Crippen molar-refractivity contribution in [2.45, 2.75) is 25.8 Å². The standard InChI is InChI=1S/C9H18N2O2/c1-3-10(2)9(13)11-6-4-5-8(11)7-12/h8,12H,3-7H2,1-2H3/t8-/m0/s1. The van der Waals surface area contributed by atoms with Gasteiger partial charge in [0.05, 0.1) is 12.6 Å². The molecule has 4 heteroatoms. The molecule has 1 atom stereocenters. The number of hydrogen-bond donors (Lipinski definition) is 1. The van der Waals surface area contributed by atoms with E-state index < -0.39 is 0 Å². The molecule has 1 heterocycles. The van der Waals surface area contributed by atoms with Crippen molar-refractivity contribution in [1.82, 2.24) is 9.80 Å². The van der Waals surface area contributed by atoms with Crippen molar-refractivity contribution in [2.75, 3.05) is 26.7 Å². The highest BCUT2D eigenvalue weighted by Crippen LogP contribution is 2.17. The van der Waals surface area contributed by atoms with Crippen molar-refractivity contribution < 1.29 is 9.90 Å². The Kier molecular flexibility index (Phi) is 3.54. The molecule has 0 aromatic rings. The van der Waals surface area contributed by atoms with Crippen LogP contribution in [0.3, 0.4) is 0 Å². The third kappa shape index (κ3) is 2.12. The SMILES string of the molecule is CCN(C)C(=O)N1CCC[C@H]1CO. The highest BCUT2D eigenvalue weighted by Gasteiger charge is 2.29. The Bertz CT molecular complexity index is 184. The monoisotopic (exact) mass is 186 g/mol. The van der Waals surface area contributed by atoms with Gasteiger partial charge in [0.2, 0.25) is 0 Å². The van der Waals surface area contributed by atoms with Crippen LogP contribution in [0.2, 0.25) is 0 Å². The lowest BCUT2D eigenvalue weighted by molar-refractivity contribution is 0.134. The average molecular weight is 186 g/mol. The smallest absolute Gasteiger partial charge is 0.320 e. The lowest BCUT2D eigenvalue weighted by Gasteiger charge is -2.27. The number of amides is 2. The van der Waals surface area contributed by atoms with Crippen molar-refractivity contribution in [3.63, 3.8) is 0 Å². The number of hydrogen-bond acceptors (Lipinski definition) is 2. The van der Waals surface area contributed by atoms with E-state index in [0.29, 0.717) is 6.54 Å². The molecule has 1 aliphatic heterocycles. The van der Waals surface area contributed by atoms with Gasteiger partial charge in [-0.25, -0.2) is 4.79 Å². The van der Waals surface area contributed by atoms with Gasteiger partial charge in [-0.05, 0) is 19.8 Å². The predicted octanol–water partition coefficient (Wildman–Crippen LogP) is 0.515. The molecule has 0 aromatic heterocycles. The Morgan fingerprint density at radius 1 is 1.69 bits per heavy atom. The van der Waals surface area contributed by atoms with Crippen LogP contribution in [0.25, 0.3) is 0 Å². The van der Waals surface area contributed by atoms with E-state index in [2.05, 4.69) is 0 Å². The van der Waals surface area contributed by atoms with E-state index in [1.807, 2.05) is 6.92 Å². The first-order valence-corrected chi connectivity index (χ1v) is 4.83. The van der Waals surface area contributed by atoms with Crippen molar-refractivity contribution in [3.05, 3.63) is 0 Å². The third-order valence-corrected chi connectivity index (χ3v) is 2.63. The quantitative estimate of drug-likeness (QED) is 0.683. The maximum absolute atomic E-state index is 11.7. The van der Waals surface area contributed by atoms with Gasteiger partial charge in [0.15, 0.2) is 0 Å². The van der Waals surface area contributed by atoms with E-state index in [4.69, 9.17) is 5.11 Å². The minimum Gasteiger partial charge on any atom is -0.394 e. The molecule has 4 nitrogen and oxygen atoms in total. The zero-order valence-electron chi connectivity index (χ0n) is 8.36. The molecule has 0 unspecified atom stereocenters. The Labute approximate surface area is 79.1 Å². The number of nitrogens with zero attached hydrogens (tertiary/aromatic N) is 2. The molecule has 0 aliphatic carbocycles. The van der Waals surface area contributed by atoms with Crippen LogP contribution in [0.5, 0.6) is 0 Å². The molecule has 1 rings (SSSR count). The fraction of sp³-hybridized carbons (Fsp3) is 0.889. The summed E-state index contributed by atoms with van der Waals surface area (Å²) in [6.45, 7) is 3.53. The van der Waals surface area contributed by atoms with Crippen LogP contribution in [0, 0.1) is 0 Å². The Balaban J connectivity index is 2.54. The van der Waals surface area contributed by atoms with Gasteiger partial charge in [-0.3, -0.25) is 0 Å². The summed E-state index contributed by atoms with van der Waals surface area (Å²) in [5, 5.41) is 9.03. The lowest BCUT2D eigenvalue weighted by atomic mass is 10.2. The van der Waals surface area contributed by atoms with Gasteiger partial charge in [0, 0.05) is 20.1 Å². The normalized spacial score (nSPS) is 22.1. The van der Waals surface area contributed by atoms with Crippen LogP contribution in [0.1, 0.15) is 19.8 Å². The minimum absolute atomic E-state index is 0.0408. The molecule has 1 fully saturated rings. The van der Waals surface area contributed by atoms with Gasteiger partial charge in [-0.15, -0.1) is 0 Å². The number of rotatable bonds is 2. The summed E-state index contributed by atoms with van der Waals surface area (Å²) >= 11 is 0. The van der Waals surface area contributed by atoms with Gasteiger partial charge in [-0.2, -0.15) is 0 Å². The second-order valence-electron chi connectivity index (χ2n) is 3.47. The Hall–Kier alpha value is -0.770. The Morgan fingerprint density at radius 3 is 2.92 bits per heavy atom. The zero-order valence-corrected chi connectivity index (χ0v) is 8.36. The van der Waals surface area contributed by atoms with Gasteiger partial charge in [0.25, 0.3) is 0 Å². The van der Waals surface area contributed by atoms with Crippen LogP contribution in [0.15, 0.2) is 0 Å². The van der Waals surface area contributed by atoms with Crippen molar-refractivity contribution in [1.29, 1.82) is 0 Å². The summed E-state index contributed by atoms with van der Waals surface area (Å²) in [5.74, 6) is 0. The highest BCUT2D eigenvalue weighted by atomic mass is 16.3. The maximum Gasteiger partial charge on any atom is 0.320 e. The van der Waals surface area contributed by atoms with Gasteiger partial charge < -0.3 is 14.9 Å². The molecular weight excluding hydrogens is 168 g/mol. The number of carbonyl (C=O) groups excluding carboxylic acids is 1. The van der Waals surface area contributed by atoms with Crippen molar-refractivity contribution in [2.24, 2.45) is 0 Å². The molecule has 2 amide bonds. The molecule has 0 bridgehead atoms. The van der Waals surface area contributed by atoms with Crippen LogP contribution < -0.4 is 0 Å². The molecule has 1 saturated heterocycles. The number of aliphatic hydroxyl groups is 1. The minimum atomic E-state index is 0.0408. The number of urea groups is 1. The van der Waals surface area contributed by atoms with E-state index in [0.717, 1.165) is 19.4 Å². The van der Waals surface area contributed by atoms with Gasteiger partial charge >= 0.3 is 6.03 Å². The Morgan fingerprint density at radius 2 is 2.38 bits per heavy atom. The fourth-order valence-corrected chi connectivity index (χ4v) is 1.63. The van der Waals surface area contributed by atoms with E-state index in [1.54, 1.807) is 16.8 Å². The van der Waals surface area contributed by atoms with Crippen LogP contribution in [0.4, 0.5) is 4.79 Å². The van der Waals surface area contributed by atoms with Gasteiger partial charge in [0.1, 0.15) is 0 Å². The second-order valence-corrected chi connectivity index (χ2v) is 3.47. The molecule has 13 heavy (non-hydrogen) atoms. The maximum atomic E-state index is 11.7. The highest BCUT2D eigenvalue weighted by molar-refractivity contribution is 5.74. The fourth-order valence-electron chi connectivity index (χ4n) is 1.63. The van der Waals surface area contributed by atoms with E-state index in [-0.39, 0.29) is 18.7 Å². The second kappa shape index (κ2) is 4.46. The average Bonchev–Trinajstić information content (AvgIpc) is 2.62. The van der Waals surface area contributed by atoms with E-state index in [9.17, 15) is 4.79 Å². The van der Waals surface area contributed by atoms with Crippen molar-refractivity contribution >= 4 is 6.03 Å². The third-order valence-electron chi connectivity index (χ3n) is 2.63. The first kappa shape index (κ1) is 10.3. The van der Waals surface area contributed by atoms with Crippen LogP contribution in [-0.4, -0.2) is 53.7 Å². The largest absolute Gasteiger partial charge is 0.394 e. The summed E-state index contributed by atoms with van der Waals surface area (Å²) in [6.07, 6.45) is 1.94. The molecule has 76 valence electrons. The van der Waals surface area contributed by atoms with Crippen LogP contribution >= 0.6 is 0 Å². The topological polar surface area (TPSA) is 43.8 Å². The molecule has 0 aromatic carbocycles. The summed E-state index contributed by atoms with van der Waals surface area (Å²) in [7, 11) is 1.79. The summed E-state index contributed by atoms with van der Waals surface area (Å²) in [6, 6.07) is 0.0838. The first-order valence-electron chi connectivity index (χ1n) is 4.83. The summed E-state index contributed by atoms with van der Waals surface area (Å²) in [4.78, 5) is 15.1. The van der Waals surface area contributed by atoms with Crippen molar-refractivity contribution in [3.8, 4) is 0 Å². The zero-order chi connectivity index (χ0) is 9.84. The van der Waals surface area contributed by atoms with E-state index in [1.165, 1.54) is 0 Å². The molecule has 0 radical (unpaired) electrons. The number of aliphatic hydroxyl groups excluding tert-OH is 1. The predicted molar refractivity (Wildman–Crippen MR) is 50.5 cm³/mol. The van der Waals surface area contributed by atoms with Crippen LogP contribution in [-0.2, 0) is 0 Å². The molecule has 0 saturated carbocycles. The first-order chi connectivity index (χ1) is 6.20.